The number of nitrogens with one attached hydrogen (secondary N) is 1. The van der Waals surface area contributed by atoms with E-state index in [2.05, 4.69) is 58.0 Å². The lowest BCUT2D eigenvalue weighted by Gasteiger charge is -2.45. The second kappa shape index (κ2) is 11.5. The summed E-state index contributed by atoms with van der Waals surface area (Å²) in [6.07, 6.45) is 7.15. The molecule has 0 aromatic rings. The fourth-order valence-electron chi connectivity index (χ4n) is 3.52. The highest BCUT2D eigenvalue weighted by Gasteiger charge is 2.40. The zero-order valence-electron chi connectivity index (χ0n) is 18.7. The summed E-state index contributed by atoms with van der Waals surface area (Å²) in [5, 5.41) is 3.74. The van der Waals surface area contributed by atoms with Crippen LogP contribution >= 0.6 is 0 Å². The predicted molar refractivity (Wildman–Crippen MR) is 116 cm³/mol. The lowest BCUT2D eigenvalue weighted by Crippen LogP contribution is -2.62. The molecule has 1 unspecified atom stereocenters. The van der Waals surface area contributed by atoms with Crippen LogP contribution in [0.3, 0.4) is 0 Å². The highest BCUT2D eigenvalue weighted by molar-refractivity contribution is 5.89. The van der Waals surface area contributed by atoms with Gasteiger partial charge in [-0.3, -0.25) is 4.90 Å². The smallest absolute Gasteiger partial charge is 0.333 e. The second-order valence-electron chi connectivity index (χ2n) is 8.45. The zero-order valence-corrected chi connectivity index (χ0v) is 18.7. The number of hydrogen-bond acceptors (Lipinski definition) is 5. The van der Waals surface area contributed by atoms with Crippen LogP contribution in [0.4, 0.5) is 0 Å². The van der Waals surface area contributed by atoms with Gasteiger partial charge in [0.25, 0.3) is 0 Å². The van der Waals surface area contributed by atoms with Gasteiger partial charge in [-0.05, 0) is 53.5 Å². The number of rotatable bonds is 11. The third-order valence-corrected chi connectivity index (χ3v) is 4.86. The molecule has 5 nitrogen and oxygen atoms in total. The lowest BCUT2D eigenvalue weighted by molar-refractivity contribution is -0.139. The molecule has 4 atom stereocenters. The minimum absolute atomic E-state index is 0.0343. The van der Waals surface area contributed by atoms with Crippen molar-refractivity contribution in [3.05, 3.63) is 37.0 Å². The Kier molecular flexibility index (Phi) is 10.1. The summed E-state index contributed by atoms with van der Waals surface area (Å²) in [6, 6.07) is 0.0979. The van der Waals surface area contributed by atoms with Crippen molar-refractivity contribution in [3.8, 4) is 0 Å². The van der Waals surface area contributed by atoms with E-state index < -0.39 is 0 Å². The van der Waals surface area contributed by atoms with Gasteiger partial charge in [0, 0.05) is 30.2 Å². The van der Waals surface area contributed by atoms with Gasteiger partial charge in [0.15, 0.2) is 0 Å². The summed E-state index contributed by atoms with van der Waals surface area (Å²) in [7, 11) is 0. The Bertz CT molecular complexity index is 541. The molecule has 0 heterocycles. The van der Waals surface area contributed by atoms with Gasteiger partial charge in [-0.25, -0.2) is 4.79 Å². The fourth-order valence-corrected chi connectivity index (χ4v) is 3.52. The van der Waals surface area contributed by atoms with Crippen molar-refractivity contribution >= 4 is 5.97 Å². The summed E-state index contributed by atoms with van der Waals surface area (Å²) in [5.74, 6) is -0.253. The van der Waals surface area contributed by atoms with Gasteiger partial charge in [0.05, 0.1) is 24.9 Å². The van der Waals surface area contributed by atoms with E-state index in [1.165, 1.54) is 0 Å². The number of carbonyl (C=O) groups excluding carboxylic acids is 1. The topological polar surface area (TPSA) is 50.8 Å². The van der Waals surface area contributed by atoms with Crippen molar-refractivity contribution in [3.63, 3.8) is 0 Å². The van der Waals surface area contributed by atoms with Crippen molar-refractivity contribution in [2.75, 3.05) is 19.7 Å². The van der Waals surface area contributed by atoms with Gasteiger partial charge >= 0.3 is 5.97 Å². The first-order valence-electron chi connectivity index (χ1n) is 10.4. The van der Waals surface area contributed by atoms with Gasteiger partial charge in [-0.15, -0.1) is 13.2 Å². The molecule has 5 heteroatoms. The largest absolute Gasteiger partial charge is 0.463 e. The molecule has 0 saturated carbocycles. The molecule has 1 aliphatic carbocycles. The van der Waals surface area contributed by atoms with Gasteiger partial charge < -0.3 is 14.8 Å². The summed E-state index contributed by atoms with van der Waals surface area (Å²) < 4.78 is 11.7. The van der Waals surface area contributed by atoms with Crippen LogP contribution in [-0.2, 0) is 14.3 Å². The molecule has 0 aromatic heterocycles. The number of esters is 1. The third-order valence-electron chi connectivity index (χ3n) is 4.86. The first kappa shape index (κ1) is 24.6. The monoisotopic (exact) mass is 392 g/mol. The molecular weight excluding hydrogens is 352 g/mol. The average Bonchev–Trinajstić information content (AvgIpc) is 2.61. The van der Waals surface area contributed by atoms with Gasteiger partial charge in [-0.1, -0.05) is 19.1 Å². The Morgan fingerprint density at radius 3 is 2.39 bits per heavy atom. The highest BCUT2D eigenvalue weighted by Crippen LogP contribution is 2.29. The van der Waals surface area contributed by atoms with Gasteiger partial charge in [0.2, 0.25) is 0 Å². The van der Waals surface area contributed by atoms with Gasteiger partial charge in [0.1, 0.15) is 0 Å². The maximum absolute atomic E-state index is 12.5. The highest BCUT2D eigenvalue weighted by atomic mass is 16.5. The van der Waals surface area contributed by atoms with E-state index in [0.717, 1.165) is 6.42 Å². The first-order valence-corrected chi connectivity index (χ1v) is 10.4. The average molecular weight is 393 g/mol. The molecule has 1 N–H and O–H groups in total. The Labute approximate surface area is 171 Å². The molecule has 0 spiro atoms. The van der Waals surface area contributed by atoms with Crippen molar-refractivity contribution < 1.29 is 14.3 Å². The van der Waals surface area contributed by atoms with Crippen molar-refractivity contribution in [1.29, 1.82) is 0 Å². The van der Waals surface area contributed by atoms with E-state index in [4.69, 9.17) is 9.47 Å². The van der Waals surface area contributed by atoms with Crippen molar-refractivity contribution in [1.82, 2.24) is 10.2 Å². The van der Waals surface area contributed by atoms with E-state index in [0.29, 0.717) is 31.7 Å². The molecule has 0 radical (unpaired) electrons. The predicted octanol–water partition coefficient (Wildman–Crippen LogP) is 3.86. The van der Waals surface area contributed by atoms with Crippen LogP contribution in [0, 0.1) is 0 Å². The van der Waals surface area contributed by atoms with Crippen LogP contribution in [0.1, 0.15) is 54.4 Å². The van der Waals surface area contributed by atoms with Crippen LogP contribution in [-0.4, -0.2) is 60.4 Å². The number of carbonyl (C=O) groups is 1. The lowest BCUT2D eigenvalue weighted by atomic mass is 9.85. The SMILES string of the molecule is C=CCN(CC=C)[C@H]1CC(C(=O)OCC)=C[C@@H](OC(C)CC)[C@@H]1NC(C)(C)C. The molecule has 1 aliphatic rings. The Hall–Kier alpha value is -1.43. The van der Waals surface area contributed by atoms with E-state index >= 15 is 0 Å². The summed E-state index contributed by atoms with van der Waals surface area (Å²) in [5.41, 5.74) is 0.591. The normalized spacial score (nSPS) is 23.8. The van der Waals surface area contributed by atoms with Crippen molar-refractivity contribution in [2.45, 2.75) is 84.2 Å². The molecule has 0 aliphatic heterocycles. The van der Waals surface area contributed by atoms with E-state index in [9.17, 15) is 4.79 Å². The number of ether oxygens (including phenoxy) is 2. The van der Waals surface area contributed by atoms with Crippen molar-refractivity contribution in [2.24, 2.45) is 0 Å². The fraction of sp³-hybridized carbons (Fsp3) is 0.696. The third kappa shape index (κ3) is 7.53. The maximum atomic E-state index is 12.5. The molecule has 0 amide bonds. The van der Waals surface area contributed by atoms with Gasteiger partial charge in [-0.2, -0.15) is 0 Å². The molecule has 28 heavy (non-hydrogen) atoms. The molecule has 160 valence electrons. The zero-order chi connectivity index (χ0) is 21.3. The minimum Gasteiger partial charge on any atom is -0.463 e. The number of nitrogens with zero attached hydrogens (tertiary/aromatic N) is 1. The summed E-state index contributed by atoms with van der Waals surface area (Å²) in [4.78, 5) is 14.8. The molecule has 0 saturated heterocycles. The number of hydrogen-bond donors (Lipinski definition) is 1. The van der Waals surface area contributed by atoms with Crippen LogP contribution < -0.4 is 5.32 Å². The van der Waals surface area contributed by atoms with Crippen LogP contribution in [0.2, 0.25) is 0 Å². The van der Waals surface area contributed by atoms with Crippen LogP contribution in [0.5, 0.6) is 0 Å². The molecule has 0 bridgehead atoms. The van der Waals surface area contributed by atoms with E-state index in [1.807, 2.05) is 25.2 Å². The van der Waals surface area contributed by atoms with E-state index in [-0.39, 0.29) is 35.8 Å². The minimum atomic E-state index is -0.253. The standard InChI is InChI=1S/C23H40N2O3/c1-9-13-25(14-10-2)19-15-18(22(26)27-12-4)16-20(28-17(5)11-3)21(19)24-23(6,7)8/h9-10,16-17,19-21,24H,1-2,11-15H2,3-8H3/t17?,19-,20+,21+/m0/s1. The Morgan fingerprint density at radius 2 is 1.93 bits per heavy atom. The quantitative estimate of drug-likeness (QED) is 0.427. The van der Waals surface area contributed by atoms with Crippen LogP contribution in [0.15, 0.2) is 37.0 Å². The second-order valence-corrected chi connectivity index (χ2v) is 8.45. The molecule has 1 rings (SSSR count). The Balaban J connectivity index is 3.36. The molecular formula is C23H40N2O3. The summed E-state index contributed by atoms with van der Waals surface area (Å²) >= 11 is 0. The Morgan fingerprint density at radius 1 is 1.32 bits per heavy atom. The summed E-state index contributed by atoms with van der Waals surface area (Å²) in [6.45, 7) is 22.1. The first-order chi connectivity index (χ1) is 13.2. The maximum Gasteiger partial charge on any atom is 0.333 e. The van der Waals surface area contributed by atoms with E-state index in [1.54, 1.807) is 0 Å². The molecule has 0 aromatic carbocycles. The van der Waals surface area contributed by atoms with Crippen LogP contribution in [0.25, 0.3) is 0 Å². The molecule has 0 fully saturated rings.